The standard InChI is InChI=1S/C22H23N3O3S/c1-14-4-13-19-25(14)24-20(15-5-9-17(27-2)10-6-15)21(29-19)22(26)23-16-7-11-18(28-3)12-8-16/h4-13,20-21,24H,1-3H3,(H,23,26). The van der Waals surface area contributed by atoms with Crippen molar-refractivity contribution in [2.24, 2.45) is 0 Å². The summed E-state index contributed by atoms with van der Waals surface area (Å²) in [7, 11) is 3.26. The van der Waals surface area contributed by atoms with Crippen LogP contribution in [0.1, 0.15) is 17.3 Å². The number of amides is 1. The topological polar surface area (TPSA) is 64.5 Å². The maximum atomic E-state index is 13.2. The van der Waals surface area contributed by atoms with E-state index in [2.05, 4.69) is 10.7 Å². The molecule has 0 fully saturated rings. The van der Waals surface area contributed by atoms with Gasteiger partial charge in [0.15, 0.2) is 0 Å². The molecule has 2 N–H and O–H groups in total. The number of benzene rings is 2. The first-order valence-corrected chi connectivity index (χ1v) is 10.2. The third kappa shape index (κ3) is 3.91. The fourth-order valence-corrected chi connectivity index (χ4v) is 4.56. The summed E-state index contributed by atoms with van der Waals surface area (Å²) in [4.78, 5) is 13.2. The second-order valence-electron chi connectivity index (χ2n) is 6.78. The lowest BCUT2D eigenvalue weighted by atomic mass is 10.0. The molecule has 1 aromatic heterocycles. The van der Waals surface area contributed by atoms with E-state index < -0.39 is 0 Å². The van der Waals surface area contributed by atoms with E-state index in [-0.39, 0.29) is 17.2 Å². The molecular weight excluding hydrogens is 386 g/mol. The van der Waals surface area contributed by atoms with Gasteiger partial charge >= 0.3 is 0 Å². The molecular formula is C22H23N3O3S. The van der Waals surface area contributed by atoms with Gasteiger partial charge in [0.2, 0.25) is 5.91 Å². The molecule has 0 aliphatic carbocycles. The van der Waals surface area contributed by atoms with Gasteiger partial charge in [-0.05, 0) is 61.0 Å². The summed E-state index contributed by atoms with van der Waals surface area (Å²) in [5.74, 6) is 1.48. The zero-order valence-electron chi connectivity index (χ0n) is 16.5. The Labute approximate surface area is 174 Å². The number of rotatable bonds is 5. The minimum atomic E-state index is -0.340. The van der Waals surface area contributed by atoms with E-state index in [4.69, 9.17) is 9.47 Å². The van der Waals surface area contributed by atoms with Gasteiger partial charge in [-0.25, -0.2) is 0 Å². The average Bonchev–Trinajstić information content (AvgIpc) is 3.13. The molecule has 150 valence electrons. The molecule has 3 aromatic rings. The van der Waals surface area contributed by atoms with E-state index in [0.717, 1.165) is 33.5 Å². The Morgan fingerprint density at radius 2 is 1.59 bits per heavy atom. The van der Waals surface area contributed by atoms with Gasteiger partial charge in [-0.2, -0.15) is 0 Å². The van der Waals surface area contributed by atoms with Gasteiger partial charge in [0, 0.05) is 11.4 Å². The number of nitrogens with zero attached hydrogens (tertiary/aromatic N) is 1. The quantitative estimate of drug-likeness (QED) is 0.661. The number of hydrogen-bond donors (Lipinski definition) is 2. The molecule has 0 bridgehead atoms. The lowest BCUT2D eigenvalue weighted by Gasteiger charge is -2.34. The normalized spacial score (nSPS) is 17.8. The van der Waals surface area contributed by atoms with Crippen molar-refractivity contribution < 1.29 is 14.3 Å². The van der Waals surface area contributed by atoms with Gasteiger partial charge in [0.25, 0.3) is 0 Å². The largest absolute Gasteiger partial charge is 0.497 e. The molecule has 2 atom stereocenters. The minimum Gasteiger partial charge on any atom is -0.497 e. The SMILES string of the molecule is COc1ccc(NC(=O)C2Sc3ccc(C)n3NC2c2ccc(OC)cc2)cc1. The van der Waals surface area contributed by atoms with Crippen molar-refractivity contribution in [3.8, 4) is 11.5 Å². The number of nitrogens with one attached hydrogen (secondary N) is 2. The van der Waals surface area contributed by atoms with Gasteiger partial charge in [-0.1, -0.05) is 23.9 Å². The molecule has 0 radical (unpaired) electrons. The lowest BCUT2D eigenvalue weighted by Crippen LogP contribution is -2.41. The Bertz CT molecular complexity index is 999. The van der Waals surface area contributed by atoms with Gasteiger partial charge < -0.3 is 20.2 Å². The van der Waals surface area contributed by atoms with Crippen LogP contribution in [0.3, 0.4) is 0 Å². The van der Waals surface area contributed by atoms with Crippen LogP contribution >= 0.6 is 11.8 Å². The summed E-state index contributed by atoms with van der Waals surface area (Å²) in [6.07, 6.45) is 0. The molecule has 0 saturated carbocycles. The van der Waals surface area contributed by atoms with E-state index in [9.17, 15) is 4.79 Å². The second kappa shape index (κ2) is 8.13. The van der Waals surface area contributed by atoms with Crippen LogP contribution < -0.4 is 20.2 Å². The van der Waals surface area contributed by atoms with Crippen LogP contribution in [0.15, 0.2) is 65.7 Å². The number of anilines is 1. The maximum Gasteiger partial charge on any atom is 0.240 e. The van der Waals surface area contributed by atoms with Gasteiger partial charge in [-0.15, -0.1) is 0 Å². The van der Waals surface area contributed by atoms with Crippen molar-refractivity contribution in [2.75, 3.05) is 25.0 Å². The highest BCUT2D eigenvalue weighted by Gasteiger charge is 2.36. The highest BCUT2D eigenvalue weighted by molar-refractivity contribution is 8.00. The van der Waals surface area contributed by atoms with Crippen LogP contribution in [-0.2, 0) is 4.79 Å². The Morgan fingerprint density at radius 3 is 2.21 bits per heavy atom. The number of fused-ring (bicyclic) bond motifs is 1. The smallest absolute Gasteiger partial charge is 0.240 e. The third-order valence-electron chi connectivity index (χ3n) is 4.95. The third-order valence-corrected chi connectivity index (χ3v) is 6.25. The molecule has 2 aromatic carbocycles. The molecule has 6 nitrogen and oxygen atoms in total. The van der Waals surface area contributed by atoms with E-state index in [1.54, 1.807) is 26.0 Å². The Morgan fingerprint density at radius 1 is 0.966 bits per heavy atom. The first kappa shape index (κ1) is 19.3. The van der Waals surface area contributed by atoms with Crippen molar-refractivity contribution >= 4 is 23.4 Å². The highest BCUT2D eigenvalue weighted by atomic mass is 32.2. The van der Waals surface area contributed by atoms with Crippen molar-refractivity contribution in [1.82, 2.24) is 4.68 Å². The number of hydrogen-bond acceptors (Lipinski definition) is 5. The second-order valence-corrected chi connectivity index (χ2v) is 7.95. The number of carbonyl (C=O) groups is 1. The van der Waals surface area contributed by atoms with Crippen LogP contribution in [0.2, 0.25) is 0 Å². The number of thioether (sulfide) groups is 1. The summed E-state index contributed by atoms with van der Waals surface area (Å²) >= 11 is 1.56. The van der Waals surface area contributed by atoms with E-state index in [1.165, 1.54) is 0 Å². The molecule has 1 aliphatic heterocycles. The van der Waals surface area contributed by atoms with Crippen LogP contribution in [0.25, 0.3) is 0 Å². The molecule has 1 aliphatic rings. The number of methoxy groups -OCH3 is 2. The fourth-order valence-electron chi connectivity index (χ4n) is 3.33. The number of aromatic nitrogens is 1. The Kier molecular flexibility index (Phi) is 5.40. The Balaban J connectivity index is 1.62. The molecule has 2 heterocycles. The molecule has 0 saturated heterocycles. The summed E-state index contributed by atoms with van der Waals surface area (Å²) in [6.45, 7) is 2.04. The molecule has 2 unspecified atom stereocenters. The van der Waals surface area contributed by atoms with Crippen molar-refractivity contribution in [2.45, 2.75) is 23.2 Å². The molecule has 1 amide bonds. The summed E-state index contributed by atoms with van der Waals surface area (Å²) < 4.78 is 12.5. The van der Waals surface area contributed by atoms with Gasteiger partial charge in [0.05, 0.1) is 25.3 Å². The first-order valence-electron chi connectivity index (χ1n) is 9.29. The van der Waals surface area contributed by atoms with E-state index in [0.29, 0.717) is 0 Å². The maximum absolute atomic E-state index is 13.2. The Hall–Kier alpha value is -3.06. The monoisotopic (exact) mass is 409 g/mol. The zero-order valence-corrected chi connectivity index (χ0v) is 17.3. The first-order chi connectivity index (χ1) is 14.1. The predicted molar refractivity (Wildman–Crippen MR) is 116 cm³/mol. The summed E-state index contributed by atoms with van der Waals surface area (Å²) in [5.41, 5.74) is 6.36. The number of carbonyl (C=O) groups excluding carboxylic acids is 1. The van der Waals surface area contributed by atoms with Crippen LogP contribution in [0.4, 0.5) is 5.69 Å². The van der Waals surface area contributed by atoms with Gasteiger partial charge in [0.1, 0.15) is 16.7 Å². The van der Waals surface area contributed by atoms with Crippen LogP contribution in [0.5, 0.6) is 11.5 Å². The molecule has 7 heteroatoms. The van der Waals surface area contributed by atoms with Crippen molar-refractivity contribution in [1.29, 1.82) is 0 Å². The van der Waals surface area contributed by atoms with Crippen molar-refractivity contribution in [3.05, 3.63) is 71.9 Å². The minimum absolute atomic E-state index is 0.0569. The molecule has 4 rings (SSSR count). The zero-order chi connectivity index (χ0) is 20.4. The van der Waals surface area contributed by atoms with Gasteiger partial charge in [-0.3, -0.25) is 9.47 Å². The van der Waals surface area contributed by atoms with Crippen molar-refractivity contribution in [3.63, 3.8) is 0 Å². The fraction of sp³-hybridized carbons (Fsp3) is 0.227. The van der Waals surface area contributed by atoms with Crippen LogP contribution in [-0.4, -0.2) is 30.1 Å². The summed E-state index contributed by atoms with van der Waals surface area (Å²) in [5, 5.41) is 3.71. The van der Waals surface area contributed by atoms with E-state index >= 15 is 0 Å². The highest BCUT2D eigenvalue weighted by Crippen LogP contribution is 2.39. The predicted octanol–water partition coefficient (Wildman–Crippen LogP) is 4.21. The average molecular weight is 410 g/mol. The molecule has 29 heavy (non-hydrogen) atoms. The lowest BCUT2D eigenvalue weighted by molar-refractivity contribution is -0.116. The molecule has 0 spiro atoms. The van der Waals surface area contributed by atoms with Crippen LogP contribution in [0, 0.1) is 6.92 Å². The summed E-state index contributed by atoms with van der Waals surface area (Å²) in [6, 6.07) is 19.0. The number of aryl methyl sites for hydroxylation is 1. The number of ether oxygens (including phenoxy) is 2. The van der Waals surface area contributed by atoms with E-state index in [1.807, 2.05) is 72.3 Å².